The third-order valence-corrected chi connectivity index (χ3v) is 3.91. The second kappa shape index (κ2) is 5.73. The SMILES string of the molecule is NS(=O)(=O)c1ccc(O[C@H]2CCCNC2)c([N+](=O)[O-])c1. The lowest BCUT2D eigenvalue weighted by molar-refractivity contribution is -0.386. The first kappa shape index (κ1) is 14.7. The zero-order valence-electron chi connectivity index (χ0n) is 10.6. The Kier molecular flexibility index (Phi) is 4.21. The van der Waals surface area contributed by atoms with Crippen LogP contribution in [-0.4, -0.2) is 32.5 Å². The predicted octanol–water partition coefficient (Wildman–Crippen LogP) is 0.373. The van der Waals surface area contributed by atoms with Gasteiger partial charge in [-0.3, -0.25) is 10.1 Å². The van der Waals surface area contributed by atoms with Gasteiger partial charge in [0.25, 0.3) is 0 Å². The van der Waals surface area contributed by atoms with E-state index in [1.807, 2.05) is 0 Å². The highest BCUT2D eigenvalue weighted by Gasteiger charge is 2.23. The molecule has 2 rings (SSSR count). The van der Waals surface area contributed by atoms with E-state index >= 15 is 0 Å². The zero-order chi connectivity index (χ0) is 14.8. The lowest BCUT2D eigenvalue weighted by atomic mass is 10.1. The first-order valence-corrected chi connectivity index (χ1v) is 7.61. The average molecular weight is 301 g/mol. The van der Waals surface area contributed by atoms with Crippen molar-refractivity contribution in [1.29, 1.82) is 0 Å². The maximum atomic E-state index is 11.2. The molecule has 1 atom stereocenters. The Labute approximate surface area is 116 Å². The molecular formula is C11H15N3O5S. The summed E-state index contributed by atoms with van der Waals surface area (Å²) < 4.78 is 28.0. The zero-order valence-corrected chi connectivity index (χ0v) is 11.4. The summed E-state index contributed by atoms with van der Waals surface area (Å²) in [4.78, 5) is 10.0. The minimum absolute atomic E-state index is 0.0519. The smallest absolute Gasteiger partial charge is 0.312 e. The second-order valence-corrected chi connectivity index (χ2v) is 6.08. The fourth-order valence-electron chi connectivity index (χ4n) is 2.02. The molecule has 1 aliphatic heterocycles. The molecule has 0 saturated carbocycles. The molecule has 0 aromatic heterocycles. The van der Waals surface area contributed by atoms with Gasteiger partial charge in [0.2, 0.25) is 10.0 Å². The van der Waals surface area contributed by atoms with Crippen LogP contribution in [0.25, 0.3) is 0 Å². The van der Waals surface area contributed by atoms with E-state index in [0.29, 0.717) is 6.54 Å². The summed E-state index contributed by atoms with van der Waals surface area (Å²) in [5, 5.41) is 19.1. The van der Waals surface area contributed by atoms with Crippen molar-refractivity contribution >= 4 is 15.7 Å². The van der Waals surface area contributed by atoms with Crippen LogP contribution < -0.4 is 15.2 Å². The Bertz CT molecular complexity index is 610. The van der Waals surface area contributed by atoms with Gasteiger partial charge in [-0.2, -0.15) is 0 Å². The molecule has 1 heterocycles. The van der Waals surface area contributed by atoms with E-state index in [-0.39, 0.29) is 16.7 Å². The van der Waals surface area contributed by atoms with Crippen LogP contribution in [-0.2, 0) is 10.0 Å². The normalized spacial score (nSPS) is 19.6. The van der Waals surface area contributed by atoms with Crippen LogP contribution in [0.15, 0.2) is 23.1 Å². The molecule has 3 N–H and O–H groups in total. The summed E-state index contributed by atoms with van der Waals surface area (Å²) >= 11 is 0. The number of primary sulfonamides is 1. The van der Waals surface area contributed by atoms with Gasteiger partial charge in [-0.05, 0) is 31.5 Å². The van der Waals surface area contributed by atoms with Crippen LogP contribution in [0.5, 0.6) is 5.75 Å². The molecule has 0 bridgehead atoms. The topological polar surface area (TPSA) is 125 Å². The number of hydrogen-bond donors (Lipinski definition) is 2. The van der Waals surface area contributed by atoms with E-state index in [9.17, 15) is 18.5 Å². The van der Waals surface area contributed by atoms with Crippen molar-refractivity contribution < 1.29 is 18.1 Å². The Balaban J connectivity index is 2.30. The molecule has 0 unspecified atom stereocenters. The Morgan fingerprint density at radius 1 is 1.45 bits per heavy atom. The fraction of sp³-hybridized carbons (Fsp3) is 0.455. The number of nitrogens with one attached hydrogen (secondary N) is 1. The van der Waals surface area contributed by atoms with Crippen molar-refractivity contribution in [3.63, 3.8) is 0 Å². The van der Waals surface area contributed by atoms with Crippen molar-refractivity contribution in [2.45, 2.75) is 23.8 Å². The van der Waals surface area contributed by atoms with Crippen molar-refractivity contribution in [2.24, 2.45) is 5.14 Å². The minimum atomic E-state index is -3.98. The maximum absolute atomic E-state index is 11.2. The van der Waals surface area contributed by atoms with E-state index in [4.69, 9.17) is 9.88 Å². The molecule has 1 aromatic rings. The van der Waals surface area contributed by atoms with Crippen molar-refractivity contribution in [1.82, 2.24) is 5.32 Å². The van der Waals surface area contributed by atoms with Crippen molar-refractivity contribution in [3.8, 4) is 5.75 Å². The molecule has 20 heavy (non-hydrogen) atoms. The number of nitro benzene ring substituents is 1. The maximum Gasteiger partial charge on any atom is 0.312 e. The quantitative estimate of drug-likeness (QED) is 0.611. The molecule has 0 amide bonds. The van der Waals surface area contributed by atoms with Gasteiger partial charge in [-0.25, -0.2) is 13.6 Å². The monoisotopic (exact) mass is 301 g/mol. The van der Waals surface area contributed by atoms with Crippen LogP contribution in [0.4, 0.5) is 5.69 Å². The molecule has 1 aromatic carbocycles. The number of ether oxygens (including phenoxy) is 1. The molecule has 110 valence electrons. The number of benzene rings is 1. The number of piperidine rings is 1. The lowest BCUT2D eigenvalue weighted by Crippen LogP contribution is -2.37. The van der Waals surface area contributed by atoms with E-state index in [0.717, 1.165) is 25.5 Å². The van der Waals surface area contributed by atoms with Crippen LogP contribution in [0.2, 0.25) is 0 Å². The molecular weight excluding hydrogens is 286 g/mol. The molecule has 1 aliphatic rings. The van der Waals surface area contributed by atoms with E-state index in [2.05, 4.69) is 5.32 Å². The van der Waals surface area contributed by atoms with Gasteiger partial charge in [0.05, 0.1) is 9.82 Å². The van der Waals surface area contributed by atoms with Crippen molar-refractivity contribution in [2.75, 3.05) is 13.1 Å². The molecule has 8 nitrogen and oxygen atoms in total. The Hall–Kier alpha value is -1.71. The summed E-state index contributed by atoms with van der Waals surface area (Å²) in [7, 11) is -3.98. The molecule has 0 radical (unpaired) electrons. The van der Waals surface area contributed by atoms with Gasteiger partial charge in [0.15, 0.2) is 5.75 Å². The largest absolute Gasteiger partial charge is 0.482 e. The van der Waals surface area contributed by atoms with Crippen molar-refractivity contribution in [3.05, 3.63) is 28.3 Å². The van der Waals surface area contributed by atoms with Gasteiger partial charge in [-0.1, -0.05) is 0 Å². The van der Waals surface area contributed by atoms with Crippen LogP contribution >= 0.6 is 0 Å². The summed E-state index contributed by atoms with van der Waals surface area (Å²) in [5.74, 6) is 0.0519. The average Bonchev–Trinajstić information content (AvgIpc) is 2.38. The van der Waals surface area contributed by atoms with Crippen LogP contribution in [0.3, 0.4) is 0 Å². The summed E-state index contributed by atoms with van der Waals surface area (Å²) in [6.45, 7) is 1.50. The van der Waals surface area contributed by atoms with Gasteiger partial charge in [-0.15, -0.1) is 0 Å². The highest BCUT2D eigenvalue weighted by atomic mass is 32.2. The standard InChI is InChI=1S/C11H15N3O5S/c12-20(17,18)9-3-4-11(10(6-9)14(15)16)19-8-2-1-5-13-7-8/h3-4,6,8,13H,1-2,5,7H2,(H2,12,17,18)/t8-/m0/s1. The number of rotatable bonds is 4. The first-order valence-electron chi connectivity index (χ1n) is 6.06. The third-order valence-electron chi connectivity index (χ3n) is 3.00. The van der Waals surface area contributed by atoms with E-state index in [1.165, 1.54) is 12.1 Å². The number of sulfonamides is 1. The van der Waals surface area contributed by atoms with Gasteiger partial charge >= 0.3 is 5.69 Å². The number of nitrogens with two attached hydrogens (primary N) is 1. The van der Waals surface area contributed by atoms with Gasteiger partial charge in [0.1, 0.15) is 6.10 Å². The molecule has 1 fully saturated rings. The predicted molar refractivity (Wildman–Crippen MR) is 71.0 cm³/mol. The van der Waals surface area contributed by atoms with Gasteiger partial charge in [0, 0.05) is 12.6 Å². The Morgan fingerprint density at radius 3 is 2.75 bits per heavy atom. The molecule has 1 saturated heterocycles. The fourth-order valence-corrected chi connectivity index (χ4v) is 2.55. The van der Waals surface area contributed by atoms with Crippen LogP contribution in [0.1, 0.15) is 12.8 Å². The van der Waals surface area contributed by atoms with Crippen LogP contribution in [0, 0.1) is 10.1 Å². The van der Waals surface area contributed by atoms with E-state index in [1.54, 1.807) is 0 Å². The summed E-state index contributed by atoms with van der Waals surface area (Å²) in [6, 6.07) is 3.39. The summed E-state index contributed by atoms with van der Waals surface area (Å²) in [6.07, 6.45) is 1.55. The van der Waals surface area contributed by atoms with E-state index < -0.39 is 20.6 Å². The number of hydrogen-bond acceptors (Lipinski definition) is 6. The minimum Gasteiger partial charge on any atom is -0.482 e. The third kappa shape index (κ3) is 3.44. The first-order chi connectivity index (χ1) is 9.38. The summed E-state index contributed by atoms with van der Waals surface area (Å²) in [5.41, 5.74) is -0.401. The number of nitrogens with zero attached hydrogens (tertiary/aromatic N) is 1. The second-order valence-electron chi connectivity index (χ2n) is 4.52. The number of nitro groups is 1. The molecule has 0 aliphatic carbocycles. The highest BCUT2D eigenvalue weighted by Crippen LogP contribution is 2.30. The molecule has 0 spiro atoms. The lowest BCUT2D eigenvalue weighted by Gasteiger charge is -2.23. The van der Waals surface area contributed by atoms with Gasteiger partial charge < -0.3 is 10.1 Å². The highest BCUT2D eigenvalue weighted by molar-refractivity contribution is 7.89. The molecule has 9 heteroatoms. The Morgan fingerprint density at radius 2 is 2.20 bits per heavy atom.